The van der Waals surface area contributed by atoms with Crippen LogP contribution < -0.4 is 20.3 Å². The molecule has 0 spiro atoms. The van der Waals surface area contributed by atoms with Gasteiger partial charge in [0.05, 0.1) is 12.8 Å². The molecule has 1 aliphatic rings. The molecule has 6 nitrogen and oxygen atoms in total. The Hall–Kier alpha value is -2.80. The minimum atomic E-state index is -0.166. The Kier molecular flexibility index (Phi) is 7.90. The van der Waals surface area contributed by atoms with E-state index in [1.165, 1.54) is 0 Å². The number of anilines is 1. The molecule has 2 aromatic rings. The van der Waals surface area contributed by atoms with Crippen molar-refractivity contribution in [2.24, 2.45) is 4.99 Å². The van der Waals surface area contributed by atoms with Crippen molar-refractivity contribution in [3.8, 4) is 5.75 Å². The molecule has 2 aromatic carbocycles. The minimum Gasteiger partial charge on any atom is -0.497 e. The number of halogens is 1. The van der Waals surface area contributed by atoms with Gasteiger partial charge in [0.2, 0.25) is 0 Å². The Labute approximate surface area is 178 Å². The molecule has 0 amide bonds. The number of piperazine rings is 1. The second kappa shape index (κ2) is 10.8. The highest BCUT2D eigenvalue weighted by Gasteiger charge is 2.18. The van der Waals surface area contributed by atoms with E-state index in [2.05, 4.69) is 32.3 Å². The van der Waals surface area contributed by atoms with Gasteiger partial charge in [0.1, 0.15) is 11.6 Å². The predicted molar refractivity (Wildman–Crippen MR) is 121 cm³/mol. The van der Waals surface area contributed by atoms with Crippen molar-refractivity contribution >= 4 is 11.6 Å². The lowest BCUT2D eigenvalue weighted by Gasteiger charge is -2.35. The minimum absolute atomic E-state index is 0.166. The SMILES string of the molecule is CCN1CCN(c2ccc(CNC(=NC)NCc3ccc(OC)cc3)cc2F)CC1. The second-order valence-corrected chi connectivity index (χ2v) is 7.33. The third-order valence-electron chi connectivity index (χ3n) is 5.47. The molecular formula is C23H32FN5O. The summed E-state index contributed by atoms with van der Waals surface area (Å²) in [6, 6.07) is 13.4. The molecule has 0 aliphatic carbocycles. The van der Waals surface area contributed by atoms with Crippen LogP contribution in [0.5, 0.6) is 5.75 Å². The van der Waals surface area contributed by atoms with Gasteiger partial charge in [0.15, 0.2) is 5.96 Å². The van der Waals surface area contributed by atoms with Crippen molar-refractivity contribution in [1.29, 1.82) is 0 Å². The number of guanidine groups is 1. The largest absolute Gasteiger partial charge is 0.497 e. The maximum atomic E-state index is 14.7. The standard InChI is InChI=1S/C23H32FN5O/c1-4-28-11-13-29(14-12-28)22-10-7-19(15-21(22)24)17-27-23(25-2)26-16-18-5-8-20(30-3)9-6-18/h5-10,15H,4,11-14,16-17H2,1-3H3,(H2,25,26,27). The van der Waals surface area contributed by atoms with Gasteiger partial charge in [0, 0.05) is 46.3 Å². The lowest BCUT2D eigenvalue weighted by Crippen LogP contribution is -2.46. The quantitative estimate of drug-likeness (QED) is 0.540. The van der Waals surface area contributed by atoms with Gasteiger partial charge < -0.3 is 25.2 Å². The third-order valence-corrected chi connectivity index (χ3v) is 5.47. The van der Waals surface area contributed by atoms with E-state index in [0.29, 0.717) is 24.7 Å². The number of hydrogen-bond acceptors (Lipinski definition) is 4. The Balaban J connectivity index is 1.51. The number of benzene rings is 2. The summed E-state index contributed by atoms with van der Waals surface area (Å²) in [7, 11) is 3.38. The Morgan fingerprint density at radius 3 is 2.20 bits per heavy atom. The van der Waals surface area contributed by atoms with E-state index in [-0.39, 0.29) is 5.82 Å². The second-order valence-electron chi connectivity index (χ2n) is 7.33. The maximum absolute atomic E-state index is 14.7. The molecule has 1 saturated heterocycles. The molecule has 0 atom stereocenters. The highest BCUT2D eigenvalue weighted by atomic mass is 19.1. The summed E-state index contributed by atoms with van der Waals surface area (Å²) in [6.45, 7) is 8.05. The highest BCUT2D eigenvalue weighted by Crippen LogP contribution is 2.22. The molecule has 0 saturated carbocycles. The van der Waals surface area contributed by atoms with E-state index in [1.54, 1.807) is 20.2 Å². The Morgan fingerprint density at radius 1 is 1.00 bits per heavy atom. The van der Waals surface area contributed by atoms with Gasteiger partial charge in [-0.25, -0.2) is 4.39 Å². The van der Waals surface area contributed by atoms with E-state index >= 15 is 0 Å². The molecule has 3 rings (SSSR count). The summed E-state index contributed by atoms with van der Waals surface area (Å²) < 4.78 is 19.9. The van der Waals surface area contributed by atoms with Gasteiger partial charge in [-0.3, -0.25) is 4.99 Å². The lowest BCUT2D eigenvalue weighted by molar-refractivity contribution is 0.270. The maximum Gasteiger partial charge on any atom is 0.191 e. The molecule has 162 valence electrons. The zero-order chi connectivity index (χ0) is 21.3. The fourth-order valence-corrected chi connectivity index (χ4v) is 3.56. The van der Waals surface area contributed by atoms with Crippen molar-refractivity contribution in [1.82, 2.24) is 15.5 Å². The fourth-order valence-electron chi connectivity index (χ4n) is 3.56. The highest BCUT2D eigenvalue weighted by molar-refractivity contribution is 5.79. The van der Waals surface area contributed by atoms with Crippen LogP contribution in [-0.4, -0.2) is 57.7 Å². The smallest absolute Gasteiger partial charge is 0.191 e. The average Bonchev–Trinajstić information content (AvgIpc) is 2.80. The molecule has 30 heavy (non-hydrogen) atoms. The van der Waals surface area contributed by atoms with Gasteiger partial charge in [-0.15, -0.1) is 0 Å². The normalized spacial score (nSPS) is 15.2. The Morgan fingerprint density at radius 2 is 1.63 bits per heavy atom. The molecule has 0 bridgehead atoms. The fraction of sp³-hybridized carbons (Fsp3) is 0.435. The number of rotatable bonds is 7. The van der Waals surface area contributed by atoms with E-state index in [9.17, 15) is 4.39 Å². The number of hydrogen-bond donors (Lipinski definition) is 2. The summed E-state index contributed by atoms with van der Waals surface area (Å²) in [4.78, 5) is 8.76. The lowest BCUT2D eigenvalue weighted by atomic mass is 10.1. The van der Waals surface area contributed by atoms with Crippen molar-refractivity contribution < 1.29 is 9.13 Å². The number of likely N-dealkylation sites (N-methyl/N-ethyl adjacent to an activating group) is 1. The molecule has 1 aliphatic heterocycles. The predicted octanol–water partition coefficient (Wildman–Crippen LogP) is 2.84. The zero-order valence-electron chi connectivity index (χ0n) is 18.1. The molecule has 0 aromatic heterocycles. The number of methoxy groups -OCH3 is 1. The zero-order valence-corrected chi connectivity index (χ0v) is 18.1. The van der Waals surface area contributed by atoms with E-state index in [1.807, 2.05) is 36.4 Å². The molecule has 2 N–H and O–H groups in total. The van der Waals surface area contributed by atoms with Crippen molar-refractivity contribution in [3.63, 3.8) is 0 Å². The Bertz CT molecular complexity index is 832. The molecule has 1 heterocycles. The van der Waals surface area contributed by atoms with Gasteiger partial charge in [-0.05, 0) is 41.9 Å². The first-order valence-electron chi connectivity index (χ1n) is 10.5. The van der Waals surface area contributed by atoms with Crippen LogP contribution >= 0.6 is 0 Å². The van der Waals surface area contributed by atoms with Gasteiger partial charge in [0.25, 0.3) is 0 Å². The van der Waals surface area contributed by atoms with Crippen LogP contribution in [0.3, 0.4) is 0 Å². The van der Waals surface area contributed by atoms with Crippen molar-refractivity contribution in [3.05, 3.63) is 59.4 Å². The summed E-state index contributed by atoms with van der Waals surface area (Å²) in [5.41, 5.74) is 2.70. The van der Waals surface area contributed by atoms with Crippen molar-refractivity contribution in [2.75, 3.05) is 51.8 Å². The van der Waals surface area contributed by atoms with Crippen molar-refractivity contribution in [2.45, 2.75) is 20.0 Å². The van der Waals surface area contributed by atoms with Gasteiger partial charge in [-0.2, -0.15) is 0 Å². The molecule has 0 unspecified atom stereocenters. The number of nitrogens with zero attached hydrogens (tertiary/aromatic N) is 3. The third kappa shape index (κ3) is 5.86. The van der Waals surface area contributed by atoms with Gasteiger partial charge in [-0.1, -0.05) is 25.1 Å². The average molecular weight is 414 g/mol. The monoisotopic (exact) mass is 413 g/mol. The van der Waals surface area contributed by atoms with Crippen LogP contribution in [0.25, 0.3) is 0 Å². The number of nitrogens with one attached hydrogen (secondary N) is 2. The summed E-state index contributed by atoms with van der Waals surface area (Å²) in [5.74, 6) is 1.34. The van der Waals surface area contributed by atoms with Crippen LogP contribution in [-0.2, 0) is 13.1 Å². The molecule has 7 heteroatoms. The van der Waals surface area contributed by atoms with E-state index in [4.69, 9.17) is 4.74 Å². The van der Waals surface area contributed by atoms with Gasteiger partial charge >= 0.3 is 0 Å². The molecule has 1 fully saturated rings. The first kappa shape index (κ1) is 21.9. The van der Waals surface area contributed by atoms with Crippen LogP contribution in [0, 0.1) is 5.82 Å². The van der Waals surface area contributed by atoms with Crippen LogP contribution in [0.15, 0.2) is 47.5 Å². The number of ether oxygens (including phenoxy) is 1. The van der Waals surface area contributed by atoms with Crippen LogP contribution in [0.4, 0.5) is 10.1 Å². The molecular weight excluding hydrogens is 381 g/mol. The van der Waals surface area contributed by atoms with Crippen LogP contribution in [0.2, 0.25) is 0 Å². The first-order chi connectivity index (χ1) is 14.6. The molecule has 0 radical (unpaired) electrons. The van der Waals surface area contributed by atoms with E-state index in [0.717, 1.165) is 49.6 Å². The van der Waals surface area contributed by atoms with E-state index < -0.39 is 0 Å². The summed E-state index contributed by atoms with van der Waals surface area (Å²) in [6.07, 6.45) is 0. The van der Waals surface area contributed by atoms with Crippen LogP contribution in [0.1, 0.15) is 18.1 Å². The summed E-state index contributed by atoms with van der Waals surface area (Å²) in [5, 5.41) is 6.52. The first-order valence-corrected chi connectivity index (χ1v) is 10.5. The topological polar surface area (TPSA) is 52.1 Å². The number of aliphatic imine (C=N–C) groups is 1. The summed E-state index contributed by atoms with van der Waals surface area (Å²) >= 11 is 0.